The number of methoxy groups -OCH3 is 1. The second kappa shape index (κ2) is 8.20. The van der Waals surface area contributed by atoms with Crippen molar-refractivity contribution in [3.63, 3.8) is 0 Å². The summed E-state index contributed by atoms with van der Waals surface area (Å²) >= 11 is 0. The van der Waals surface area contributed by atoms with Crippen LogP contribution in [0.15, 0.2) is 42.5 Å². The molecule has 3 aromatic rings. The van der Waals surface area contributed by atoms with E-state index in [1.807, 2.05) is 35.8 Å². The molecular formula is C23H22FN5O2. The molecule has 2 heterocycles. The molecule has 1 saturated heterocycles. The van der Waals surface area contributed by atoms with Crippen molar-refractivity contribution < 1.29 is 13.9 Å². The first-order valence-electron chi connectivity index (χ1n) is 9.89. The van der Waals surface area contributed by atoms with Gasteiger partial charge in [0, 0.05) is 30.4 Å². The third-order valence-electron chi connectivity index (χ3n) is 5.48. The van der Waals surface area contributed by atoms with Crippen LogP contribution in [0.1, 0.15) is 22.6 Å². The van der Waals surface area contributed by atoms with Gasteiger partial charge in [-0.15, -0.1) is 0 Å². The number of carbonyl (C=O) groups is 1. The fraction of sp³-hybridized carbons (Fsp3) is 0.261. The zero-order chi connectivity index (χ0) is 22.1. The molecule has 31 heavy (non-hydrogen) atoms. The van der Waals surface area contributed by atoms with Gasteiger partial charge in [0.25, 0.3) is 5.91 Å². The maximum atomic E-state index is 14.4. The molecule has 1 aliphatic rings. The maximum absolute atomic E-state index is 14.4. The Morgan fingerprint density at radius 3 is 2.61 bits per heavy atom. The van der Waals surface area contributed by atoms with Crippen molar-refractivity contribution in [1.82, 2.24) is 14.5 Å². The summed E-state index contributed by atoms with van der Waals surface area (Å²) in [5.41, 5.74) is 8.08. The second-order valence-corrected chi connectivity index (χ2v) is 7.48. The second-order valence-electron chi connectivity index (χ2n) is 7.48. The summed E-state index contributed by atoms with van der Waals surface area (Å²) in [6, 6.07) is 11.6. The number of imidazole rings is 1. The number of likely N-dealkylation sites (tertiary alicyclic amines) is 1. The van der Waals surface area contributed by atoms with Crippen LogP contribution in [-0.4, -0.2) is 46.6 Å². The molecule has 4 rings (SSSR count). The van der Waals surface area contributed by atoms with Crippen molar-refractivity contribution in [2.45, 2.75) is 19.4 Å². The van der Waals surface area contributed by atoms with Crippen LogP contribution in [0.5, 0.6) is 5.75 Å². The summed E-state index contributed by atoms with van der Waals surface area (Å²) in [5, 5.41) is 0. The van der Waals surface area contributed by atoms with Crippen LogP contribution in [0.25, 0.3) is 21.9 Å². The van der Waals surface area contributed by atoms with Crippen LogP contribution in [0, 0.1) is 19.3 Å². The lowest BCUT2D eigenvalue weighted by Crippen LogP contribution is -2.32. The van der Waals surface area contributed by atoms with Crippen LogP contribution in [0.2, 0.25) is 0 Å². The van der Waals surface area contributed by atoms with E-state index in [1.54, 1.807) is 18.1 Å². The summed E-state index contributed by atoms with van der Waals surface area (Å²) in [4.78, 5) is 22.7. The number of aromatic nitrogens is 2. The lowest BCUT2D eigenvalue weighted by Gasteiger charge is -2.15. The Labute approximate surface area is 179 Å². The molecule has 8 heteroatoms. The Morgan fingerprint density at radius 2 is 2.03 bits per heavy atom. The van der Waals surface area contributed by atoms with Crippen molar-refractivity contribution in [2.75, 3.05) is 20.2 Å². The number of nitrogens with two attached hydrogens (primary N) is 1. The molecule has 1 aromatic heterocycles. The fourth-order valence-corrected chi connectivity index (χ4v) is 3.80. The molecule has 158 valence electrons. The zero-order valence-electron chi connectivity index (χ0n) is 17.3. The first-order chi connectivity index (χ1) is 14.9. The highest BCUT2D eigenvalue weighted by atomic mass is 19.1. The SMILES string of the molecule is [C-]#[N+]c1ccc(-c2nc(C(=O)N3CC[C@H](N)C3)c(C)n2-c2ccc(OC)cc2)cc1F. The van der Waals surface area contributed by atoms with Crippen molar-refractivity contribution in [2.24, 2.45) is 5.73 Å². The van der Waals surface area contributed by atoms with Gasteiger partial charge in [0.2, 0.25) is 5.69 Å². The molecule has 1 aliphatic heterocycles. The van der Waals surface area contributed by atoms with Gasteiger partial charge in [-0.2, -0.15) is 0 Å². The molecule has 0 spiro atoms. The molecule has 1 fully saturated rings. The predicted octanol–water partition coefficient (Wildman–Crippen LogP) is 3.72. The lowest BCUT2D eigenvalue weighted by molar-refractivity contribution is 0.0785. The molecule has 0 aliphatic carbocycles. The third kappa shape index (κ3) is 3.76. The van der Waals surface area contributed by atoms with Crippen LogP contribution in [0.3, 0.4) is 0 Å². The summed E-state index contributed by atoms with van der Waals surface area (Å²) in [7, 11) is 1.59. The molecule has 1 atom stereocenters. The highest BCUT2D eigenvalue weighted by molar-refractivity contribution is 5.94. The van der Waals surface area contributed by atoms with Crippen LogP contribution >= 0.6 is 0 Å². The number of hydrogen-bond donors (Lipinski definition) is 1. The number of nitrogens with zero attached hydrogens (tertiary/aromatic N) is 4. The van der Waals surface area contributed by atoms with Gasteiger partial charge in [0.05, 0.1) is 19.4 Å². The minimum atomic E-state index is -0.632. The van der Waals surface area contributed by atoms with E-state index in [1.165, 1.54) is 12.1 Å². The van der Waals surface area contributed by atoms with Gasteiger partial charge in [-0.1, -0.05) is 12.1 Å². The van der Waals surface area contributed by atoms with Gasteiger partial charge >= 0.3 is 0 Å². The molecule has 2 N–H and O–H groups in total. The van der Waals surface area contributed by atoms with Crippen LogP contribution in [0.4, 0.5) is 10.1 Å². The van der Waals surface area contributed by atoms with Crippen molar-refractivity contribution in [3.8, 4) is 22.8 Å². The van der Waals surface area contributed by atoms with Gasteiger partial charge in [0.1, 0.15) is 23.1 Å². The summed E-state index contributed by atoms with van der Waals surface area (Å²) < 4.78 is 21.4. The first kappa shape index (κ1) is 20.6. The Bertz CT molecular complexity index is 1180. The predicted molar refractivity (Wildman–Crippen MR) is 115 cm³/mol. The van der Waals surface area contributed by atoms with Gasteiger partial charge in [-0.3, -0.25) is 9.36 Å². The van der Waals surface area contributed by atoms with Gasteiger partial charge in [-0.05, 0) is 43.7 Å². The molecule has 0 unspecified atom stereocenters. The number of carbonyl (C=O) groups excluding carboxylic acids is 1. The largest absolute Gasteiger partial charge is 0.497 e. The average Bonchev–Trinajstić information content (AvgIpc) is 3.36. The van der Waals surface area contributed by atoms with Gasteiger partial charge in [0.15, 0.2) is 0 Å². The topological polar surface area (TPSA) is 77.7 Å². The summed E-state index contributed by atoms with van der Waals surface area (Å²) in [6.07, 6.45) is 0.750. The molecule has 0 bridgehead atoms. The smallest absolute Gasteiger partial charge is 0.274 e. The Hall–Kier alpha value is -3.70. The van der Waals surface area contributed by atoms with Crippen LogP contribution < -0.4 is 10.5 Å². The maximum Gasteiger partial charge on any atom is 0.274 e. The number of halogens is 1. The average molecular weight is 419 g/mol. The van der Waals surface area contributed by atoms with Crippen molar-refractivity contribution in [1.29, 1.82) is 0 Å². The quantitative estimate of drug-likeness (QED) is 0.654. The highest BCUT2D eigenvalue weighted by Crippen LogP contribution is 2.31. The number of ether oxygens (including phenoxy) is 1. The van der Waals surface area contributed by atoms with Gasteiger partial charge in [-0.25, -0.2) is 14.2 Å². The van der Waals surface area contributed by atoms with E-state index < -0.39 is 5.82 Å². The van der Waals surface area contributed by atoms with E-state index in [9.17, 15) is 9.18 Å². The minimum absolute atomic E-state index is 0.0392. The van der Waals surface area contributed by atoms with Crippen molar-refractivity contribution in [3.05, 3.63) is 71.1 Å². The van der Waals surface area contributed by atoms with E-state index in [4.69, 9.17) is 17.0 Å². The molecule has 1 amide bonds. The molecule has 7 nitrogen and oxygen atoms in total. The Kier molecular flexibility index (Phi) is 5.44. The molecule has 0 radical (unpaired) electrons. The van der Waals surface area contributed by atoms with E-state index in [-0.39, 0.29) is 17.6 Å². The molecular weight excluding hydrogens is 397 g/mol. The lowest BCUT2D eigenvalue weighted by atomic mass is 10.1. The Morgan fingerprint density at radius 1 is 1.29 bits per heavy atom. The van der Waals surface area contributed by atoms with E-state index in [0.717, 1.165) is 12.1 Å². The fourth-order valence-electron chi connectivity index (χ4n) is 3.80. The number of benzene rings is 2. The molecule has 0 saturated carbocycles. The number of hydrogen-bond acceptors (Lipinski definition) is 4. The highest BCUT2D eigenvalue weighted by Gasteiger charge is 2.29. The van der Waals surface area contributed by atoms with Crippen molar-refractivity contribution >= 4 is 11.6 Å². The summed E-state index contributed by atoms with van der Waals surface area (Å²) in [5.74, 6) is 0.285. The summed E-state index contributed by atoms with van der Waals surface area (Å²) in [6.45, 7) is 9.95. The Balaban J connectivity index is 1.86. The zero-order valence-corrected chi connectivity index (χ0v) is 17.3. The number of amides is 1. The van der Waals surface area contributed by atoms with E-state index >= 15 is 0 Å². The van der Waals surface area contributed by atoms with E-state index in [0.29, 0.717) is 41.6 Å². The molecule has 2 aromatic carbocycles. The standard InChI is InChI=1S/C23H22FN5O2/c1-14-21(23(30)28-11-10-16(25)13-28)27-22(15-4-9-20(26-2)19(24)12-15)29(14)17-5-7-18(31-3)8-6-17/h4-9,12,16H,10-11,13,25H2,1,3H3/t16-/m0/s1. The number of rotatable bonds is 4. The monoisotopic (exact) mass is 419 g/mol. The third-order valence-corrected chi connectivity index (χ3v) is 5.48. The normalized spacial score (nSPS) is 15.7. The van der Waals surface area contributed by atoms with Crippen LogP contribution in [-0.2, 0) is 0 Å². The van der Waals surface area contributed by atoms with Gasteiger partial charge < -0.3 is 15.4 Å². The van der Waals surface area contributed by atoms with E-state index in [2.05, 4.69) is 9.83 Å². The first-order valence-corrected chi connectivity index (χ1v) is 9.89. The minimum Gasteiger partial charge on any atom is -0.497 e.